The van der Waals surface area contributed by atoms with Gasteiger partial charge in [0.2, 0.25) is 0 Å². The Morgan fingerprint density at radius 3 is 2.37 bits per heavy atom. The Labute approximate surface area is 254 Å². The monoisotopic (exact) mass is 745 g/mol. The maximum atomic E-state index is 14.0. The van der Waals surface area contributed by atoms with E-state index in [-0.39, 0.29) is 38.3 Å². The Kier molecular flexibility index (Phi) is 8.69. The molecule has 0 saturated carbocycles. The van der Waals surface area contributed by atoms with E-state index in [2.05, 4.69) is 36.1 Å². The molecule has 0 atom stereocenters. The van der Waals surface area contributed by atoms with Crippen LogP contribution in [-0.4, -0.2) is 65.9 Å². The maximum Gasteiger partial charge on any atom is 0.460 e. The topological polar surface area (TPSA) is 133 Å². The zero-order valence-corrected chi connectivity index (χ0v) is 24.4. The average molecular weight is 746 g/mol. The molecular formula is C23H16ClF7IN9O2. The molecule has 1 aromatic carbocycles. The third kappa shape index (κ3) is 6.12. The minimum atomic E-state index is -6.60. The molecule has 0 saturated heterocycles. The summed E-state index contributed by atoms with van der Waals surface area (Å²) in [4.78, 5) is 30.4. The summed E-state index contributed by atoms with van der Waals surface area (Å²) in [7, 11) is 1.40. The number of carbonyl (C=O) groups excluding carboxylic acids is 2. The number of tetrazole rings is 1. The molecule has 43 heavy (non-hydrogen) atoms. The lowest BCUT2D eigenvalue weighted by molar-refractivity contribution is -0.361. The summed E-state index contributed by atoms with van der Waals surface area (Å²) >= 11 is 8.23. The molecule has 4 rings (SSSR count). The van der Waals surface area contributed by atoms with Crippen LogP contribution in [-0.2, 0) is 12.5 Å². The summed E-state index contributed by atoms with van der Waals surface area (Å²) in [5.74, 6) is -15.9. The number of alkyl halides is 7. The molecule has 0 fully saturated rings. The fourth-order valence-electron chi connectivity index (χ4n) is 3.66. The first-order valence-corrected chi connectivity index (χ1v) is 13.1. The Balaban J connectivity index is 1.73. The van der Waals surface area contributed by atoms with Gasteiger partial charge in [-0.3, -0.25) is 9.59 Å². The van der Waals surface area contributed by atoms with Crippen molar-refractivity contribution in [3.05, 3.63) is 73.5 Å². The number of hydrogen-bond acceptors (Lipinski definition) is 7. The SMILES string of the molecule is CNC(=O)c1cc(I)cc(C)c1NC(=O)c1cc(Cn2nnc(C(F)(F)C(F)(F)C(F)(F)F)n2)nn1-c1ncccc1Cl. The van der Waals surface area contributed by atoms with Crippen LogP contribution >= 0.6 is 34.2 Å². The molecule has 3 heterocycles. The Morgan fingerprint density at radius 1 is 1.05 bits per heavy atom. The number of aryl methyl sites for hydroxylation is 1. The predicted octanol–water partition coefficient (Wildman–Crippen LogP) is 4.77. The van der Waals surface area contributed by atoms with E-state index in [4.69, 9.17) is 11.6 Å². The molecule has 0 radical (unpaired) electrons. The zero-order valence-electron chi connectivity index (χ0n) is 21.5. The summed E-state index contributed by atoms with van der Waals surface area (Å²) in [6.45, 7) is 0.944. The van der Waals surface area contributed by atoms with Crippen LogP contribution < -0.4 is 10.6 Å². The molecule has 20 heteroatoms. The van der Waals surface area contributed by atoms with Gasteiger partial charge in [0.15, 0.2) is 5.82 Å². The lowest BCUT2D eigenvalue weighted by Crippen LogP contribution is -2.50. The van der Waals surface area contributed by atoms with Crippen molar-refractivity contribution in [3.63, 3.8) is 0 Å². The minimum absolute atomic E-state index is 0.0258. The molecule has 228 valence electrons. The second-order valence-electron chi connectivity index (χ2n) is 8.71. The molecule has 0 bridgehead atoms. The standard InChI is InChI=1S/C23H16ClF7IN9O2/c1-10-6-11(32)7-13(18(42)33-2)16(10)35-19(43)15-8-12(37-41(15)17-14(24)4-3-5-34-17)9-40-38-20(36-39-40)21(25,26)22(27,28)23(29,30)31/h3-8H,9H2,1-2H3,(H,33,42)(H,35,43). The third-order valence-electron chi connectivity index (χ3n) is 5.73. The fourth-order valence-corrected chi connectivity index (χ4v) is 4.64. The normalized spacial score (nSPS) is 12.3. The number of nitrogens with zero attached hydrogens (tertiary/aromatic N) is 7. The minimum Gasteiger partial charge on any atom is -0.355 e. The molecule has 11 nitrogen and oxygen atoms in total. The lowest BCUT2D eigenvalue weighted by atomic mass is 10.1. The second kappa shape index (κ2) is 11.7. The number of amides is 2. The molecule has 4 aromatic rings. The van der Waals surface area contributed by atoms with Gasteiger partial charge in [0.25, 0.3) is 17.6 Å². The first kappa shape index (κ1) is 32.0. The van der Waals surface area contributed by atoms with Gasteiger partial charge in [-0.05, 0) is 70.6 Å². The molecule has 0 aliphatic rings. The van der Waals surface area contributed by atoms with Crippen LogP contribution in [0.3, 0.4) is 0 Å². The second-order valence-corrected chi connectivity index (χ2v) is 10.4. The first-order chi connectivity index (χ1) is 20.0. The van der Waals surface area contributed by atoms with Gasteiger partial charge in [0.05, 0.1) is 22.0 Å². The molecule has 3 aromatic heterocycles. The number of carbonyl (C=O) groups is 2. The number of halogens is 9. The Hall–Kier alpha value is -3.88. The summed E-state index contributed by atoms with van der Waals surface area (Å²) in [5, 5.41) is 18.1. The maximum absolute atomic E-state index is 14.0. The van der Waals surface area contributed by atoms with Crippen molar-refractivity contribution in [2.45, 2.75) is 31.5 Å². The van der Waals surface area contributed by atoms with Crippen LogP contribution in [0.4, 0.5) is 36.4 Å². The number of pyridine rings is 1. The van der Waals surface area contributed by atoms with Crippen molar-refractivity contribution >= 4 is 51.7 Å². The van der Waals surface area contributed by atoms with Crippen molar-refractivity contribution in [2.75, 3.05) is 12.4 Å². The average Bonchev–Trinajstić information content (AvgIpc) is 3.57. The van der Waals surface area contributed by atoms with Crippen molar-refractivity contribution in [1.29, 1.82) is 0 Å². The summed E-state index contributed by atoms with van der Waals surface area (Å²) in [5.41, 5.74) is 0.412. The Bertz CT molecular complexity index is 1710. The van der Waals surface area contributed by atoms with E-state index in [1.54, 1.807) is 13.0 Å². The van der Waals surface area contributed by atoms with E-state index in [0.29, 0.717) is 9.13 Å². The van der Waals surface area contributed by atoms with Crippen LogP contribution in [0.5, 0.6) is 0 Å². The molecular weight excluding hydrogens is 730 g/mol. The highest BCUT2D eigenvalue weighted by atomic mass is 127. The van der Waals surface area contributed by atoms with Gasteiger partial charge in [0, 0.05) is 16.8 Å². The molecule has 0 spiro atoms. The van der Waals surface area contributed by atoms with Gasteiger partial charge in [-0.2, -0.15) is 40.6 Å². The van der Waals surface area contributed by atoms with Gasteiger partial charge >= 0.3 is 18.0 Å². The number of aromatic nitrogens is 7. The number of nitrogens with one attached hydrogen (secondary N) is 2. The van der Waals surface area contributed by atoms with E-state index in [1.807, 2.05) is 22.6 Å². The summed E-state index contributed by atoms with van der Waals surface area (Å²) in [6.07, 6.45) is -5.27. The molecule has 2 N–H and O–H groups in total. The van der Waals surface area contributed by atoms with E-state index in [9.17, 15) is 40.3 Å². The quantitative estimate of drug-likeness (QED) is 0.196. The van der Waals surface area contributed by atoms with Crippen molar-refractivity contribution < 1.29 is 40.3 Å². The zero-order chi connectivity index (χ0) is 31.9. The van der Waals surface area contributed by atoms with Crippen LogP contribution in [0.25, 0.3) is 5.82 Å². The van der Waals surface area contributed by atoms with Crippen molar-refractivity contribution in [1.82, 2.24) is 40.3 Å². The summed E-state index contributed by atoms with van der Waals surface area (Å²) < 4.78 is 94.3. The van der Waals surface area contributed by atoms with E-state index >= 15 is 0 Å². The van der Waals surface area contributed by atoms with Crippen LogP contribution in [0.15, 0.2) is 36.5 Å². The van der Waals surface area contributed by atoms with E-state index in [0.717, 1.165) is 10.7 Å². The smallest absolute Gasteiger partial charge is 0.355 e. The lowest BCUT2D eigenvalue weighted by Gasteiger charge is -2.25. The molecule has 0 aliphatic heterocycles. The third-order valence-corrected chi connectivity index (χ3v) is 6.65. The number of benzene rings is 1. The van der Waals surface area contributed by atoms with Gasteiger partial charge < -0.3 is 10.6 Å². The molecule has 0 aliphatic carbocycles. The van der Waals surface area contributed by atoms with Gasteiger partial charge in [-0.1, -0.05) is 11.6 Å². The number of hydrogen-bond donors (Lipinski definition) is 2. The van der Waals surface area contributed by atoms with Crippen molar-refractivity contribution in [2.24, 2.45) is 0 Å². The highest BCUT2D eigenvalue weighted by molar-refractivity contribution is 14.1. The Morgan fingerprint density at radius 2 is 1.74 bits per heavy atom. The molecule has 2 amide bonds. The number of rotatable bonds is 8. The van der Waals surface area contributed by atoms with Gasteiger partial charge in [-0.25, -0.2) is 9.67 Å². The summed E-state index contributed by atoms with van der Waals surface area (Å²) in [6, 6.07) is 7.26. The fraction of sp³-hybridized carbons (Fsp3) is 0.261. The van der Waals surface area contributed by atoms with Crippen LogP contribution in [0, 0.1) is 10.5 Å². The highest BCUT2D eigenvalue weighted by Gasteiger charge is 2.75. The predicted molar refractivity (Wildman–Crippen MR) is 143 cm³/mol. The van der Waals surface area contributed by atoms with Crippen molar-refractivity contribution in [3.8, 4) is 5.82 Å². The van der Waals surface area contributed by atoms with Crippen LogP contribution in [0.2, 0.25) is 5.02 Å². The number of anilines is 1. The van der Waals surface area contributed by atoms with Gasteiger partial charge in [0.1, 0.15) is 12.2 Å². The first-order valence-electron chi connectivity index (χ1n) is 11.6. The molecule has 0 unspecified atom stereocenters. The van der Waals surface area contributed by atoms with E-state index < -0.39 is 42.2 Å². The largest absolute Gasteiger partial charge is 0.460 e. The van der Waals surface area contributed by atoms with E-state index in [1.165, 1.54) is 31.4 Å². The van der Waals surface area contributed by atoms with Gasteiger partial charge in [-0.15, -0.1) is 10.2 Å². The van der Waals surface area contributed by atoms with Crippen LogP contribution in [0.1, 0.15) is 37.9 Å². The highest BCUT2D eigenvalue weighted by Crippen LogP contribution is 2.50.